The van der Waals surface area contributed by atoms with Gasteiger partial charge in [-0.25, -0.2) is 0 Å². The molecule has 0 aromatic rings. The molecule has 1 aliphatic carbocycles. The number of carbonyl (C=O) groups excluding carboxylic acids is 1. The Balaban J connectivity index is 2.34. The van der Waals surface area contributed by atoms with Crippen molar-refractivity contribution in [3.05, 3.63) is 11.3 Å². The van der Waals surface area contributed by atoms with E-state index in [1.165, 1.54) is 5.70 Å². The van der Waals surface area contributed by atoms with Crippen molar-refractivity contribution in [3.63, 3.8) is 0 Å². The minimum absolute atomic E-state index is 0.247. The van der Waals surface area contributed by atoms with Crippen LogP contribution in [0.25, 0.3) is 0 Å². The van der Waals surface area contributed by atoms with Gasteiger partial charge in [0.05, 0.1) is 0 Å². The lowest BCUT2D eigenvalue weighted by molar-refractivity contribution is -0.125. The van der Waals surface area contributed by atoms with Crippen LogP contribution in [0.4, 0.5) is 0 Å². The molecule has 0 spiro atoms. The Morgan fingerprint density at radius 1 is 1.08 bits per heavy atom. The van der Waals surface area contributed by atoms with Gasteiger partial charge in [0.1, 0.15) is 0 Å². The van der Waals surface area contributed by atoms with Crippen LogP contribution in [0.2, 0.25) is 0 Å². The van der Waals surface area contributed by atoms with Gasteiger partial charge in [-0.05, 0) is 19.3 Å². The van der Waals surface area contributed by atoms with Gasteiger partial charge in [-0.15, -0.1) is 0 Å². The molecule has 0 atom stereocenters. The molecular weight excluding hydrogens is 164 g/mol. The average molecular weight is 180 g/mol. The number of allylic oxidation sites excluding steroid dienone is 1. The van der Waals surface area contributed by atoms with E-state index in [9.17, 15) is 4.79 Å². The van der Waals surface area contributed by atoms with Crippen molar-refractivity contribution in [1.82, 2.24) is 9.80 Å². The van der Waals surface area contributed by atoms with Crippen LogP contribution in [-0.4, -0.2) is 42.9 Å². The number of likely N-dealkylation sites (N-methyl/N-ethyl adjacent to an activating group) is 2. The molecule has 3 heteroatoms. The maximum atomic E-state index is 11.8. The van der Waals surface area contributed by atoms with E-state index in [4.69, 9.17) is 0 Å². The van der Waals surface area contributed by atoms with Gasteiger partial charge in [0.25, 0.3) is 5.91 Å². The minimum atomic E-state index is 0.247. The van der Waals surface area contributed by atoms with Crippen LogP contribution in [0.15, 0.2) is 11.3 Å². The Kier molecular flexibility index (Phi) is 2.02. The molecule has 1 heterocycles. The minimum Gasteiger partial charge on any atom is -0.376 e. The summed E-state index contributed by atoms with van der Waals surface area (Å²) in [4.78, 5) is 15.9. The van der Waals surface area contributed by atoms with Crippen LogP contribution in [-0.2, 0) is 4.79 Å². The molecule has 0 bridgehead atoms. The maximum absolute atomic E-state index is 11.8. The molecule has 0 aromatic carbocycles. The van der Waals surface area contributed by atoms with Crippen molar-refractivity contribution in [3.8, 4) is 0 Å². The Morgan fingerprint density at radius 2 is 1.77 bits per heavy atom. The van der Waals surface area contributed by atoms with E-state index in [0.29, 0.717) is 0 Å². The van der Waals surface area contributed by atoms with E-state index in [-0.39, 0.29) is 5.91 Å². The number of amides is 1. The van der Waals surface area contributed by atoms with E-state index < -0.39 is 0 Å². The topological polar surface area (TPSA) is 23.6 Å². The Labute approximate surface area is 79.0 Å². The standard InChI is InChI=1S/C10H16N2O/c1-11-6-7-12(2)10(13)8-4-3-5-9(8)11/h3-7H2,1-2H3. The number of nitrogens with zero attached hydrogens (tertiary/aromatic N) is 2. The first-order valence-corrected chi connectivity index (χ1v) is 4.89. The summed E-state index contributed by atoms with van der Waals surface area (Å²) in [5, 5.41) is 0. The van der Waals surface area contributed by atoms with Crippen LogP contribution < -0.4 is 0 Å². The summed E-state index contributed by atoms with van der Waals surface area (Å²) in [6.45, 7) is 1.82. The van der Waals surface area contributed by atoms with Crippen molar-refractivity contribution in [2.24, 2.45) is 0 Å². The van der Waals surface area contributed by atoms with Crippen molar-refractivity contribution in [1.29, 1.82) is 0 Å². The second kappa shape index (κ2) is 3.05. The van der Waals surface area contributed by atoms with Gasteiger partial charge in [-0.1, -0.05) is 0 Å². The van der Waals surface area contributed by atoms with Gasteiger partial charge < -0.3 is 9.80 Å². The fraction of sp³-hybridized carbons (Fsp3) is 0.700. The SMILES string of the molecule is CN1CCN(C)C2=C(CCC2)C1=O. The molecule has 2 aliphatic rings. The fourth-order valence-electron chi connectivity index (χ4n) is 2.15. The molecule has 2 rings (SSSR count). The third-order valence-electron chi connectivity index (χ3n) is 3.03. The zero-order valence-corrected chi connectivity index (χ0v) is 8.34. The van der Waals surface area contributed by atoms with E-state index in [2.05, 4.69) is 11.9 Å². The number of rotatable bonds is 0. The lowest BCUT2D eigenvalue weighted by Crippen LogP contribution is -2.30. The van der Waals surface area contributed by atoms with Crippen LogP contribution >= 0.6 is 0 Å². The quantitative estimate of drug-likeness (QED) is 0.551. The van der Waals surface area contributed by atoms with Crippen molar-refractivity contribution < 1.29 is 4.79 Å². The fourth-order valence-corrected chi connectivity index (χ4v) is 2.15. The second-order valence-corrected chi connectivity index (χ2v) is 3.93. The predicted molar refractivity (Wildman–Crippen MR) is 51.1 cm³/mol. The normalized spacial score (nSPS) is 23.7. The summed E-state index contributed by atoms with van der Waals surface area (Å²) >= 11 is 0. The van der Waals surface area contributed by atoms with E-state index in [1.54, 1.807) is 0 Å². The highest BCUT2D eigenvalue weighted by atomic mass is 16.2. The number of hydrogen-bond donors (Lipinski definition) is 0. The van der Waals surface area contributed by atoms with Crippen LogP contribution in [0, 0.1) is 0 Å². The van der Waals surface area contributed by atoms with Crippen molar-refractivity contribution >= 4 is 5.91 Å². The van der Waals surface area contributed by atoms with Crippen molar-refractivity contribution in [2.75, 3.05) is 27.2 Å². The highest BCUT2D eigenvalue weighted by molar-refractivity contribution is 5.94. The molecule has 13 heavy (non-hydrogen) atoms. The molecule has 0 aromatic heterocycles. The molecule has 0 fully saturated rings. The zero-order valence-electron chi connectivity index (χ0n) is 8.34. The van der Waals surface area contributed by atoms with Gasteiger partial charge in [0.15, 0.2) is 0 Å². The molecule has 0 unspecified atom stereocenters. The number of carbonyl (C=O) groups is 1. The Morgan fingerprint density at radius 3 is 2.54 bits per heavy atom. The van der Waals surface area contributed by atoms with E-state index in [0.717, 1.165) is 37.9 Å². The molecule has 1 aliphatic heterocycles. The van der Waals surface area contributed by atoms with Gasteiger partial charge in [0.2, 0.25) is 0 Å². The summed E-state index contributed by atoms with van der Waals surface area (Å²) in [6.07, 6.45) is 3.21. The summed E-state index contributed by atoms with van der Waals surface area (Å²) in [6, 6.07) is 0. The predicted octanol–water partition coefficient (Wildman–Crippen LogP) is 0.828. The zero-order chi connectivity index (χ0) is 9.42. The molecule has 3 nitrogen and oxygen atoms in total. The first-order chi connectivity index (χ1) is 6.20. The molecule has 0 radical (unpaired) electrons. The van der Waals surface area contributed by atoms with Crippen LogP contribution in [0.5, 0.6) is 0 Å². The first kappa shape index (κ1) is 8.60. The third-order valence-corrected chi connectivity index (χ3v) is 3.03. The third kappa shape index (κ3) is 1.32. The van der Waals surface area contributed by atoms with E-state index >= 15 is 0 Å². The van der Waals surface area contributed by atoms with Crippen LogP contribution in [0.1, 0.15) is 19.3 Å². The molecule has 72 valence electrons. The van der Waals surface area contributed by atoms with Gasteiger partial charge in [0, 0.05) is 38.5 Å². The van der Waals surface area contributed by atoms with E-state index in [1.807, 2.05) is 11.9 Å². The summed E-state index contributed by atoms with van der Waals surface area (Å²) in [7, 11) is 3.98. The lowest BCUT2D eigenvalue weighted by atomic mass is 10.2. The monoisotopic (exact) mass is 180 g/mol. The largest absolute Gasteiger partial charge is 0.376 e. The molecule has 0 saturated carbocycles. The highest BCUT2D eigenvalue weighted by Gasteiger charge is 2.28. The maximum Gasteiger partial charge on any atom is 0.251 e. The van der Waals surface area contributed by atoms with Gasteiger partial charge >= 0.3 is 0 Å². The summed E-state index contributed by atoms with van der Waals surface area (Å²) < 4.78 is 0. The number of hydrogen-bond acceptors (Lipinski definition) is 2. The summed E-state index contributed by atoms with van der Waals surface area (Å²) in [5.74, 6) is 0.247. The second-order valence-electron chi connectivity index (χ2n) is 3.93. The van der Waals surface area contributed by atoms with Gasteiger partial charge in [-0.3, -0.25) is 4.79 Å². The first-order valence-electron chi connectivity index (χ1n) is 4.89. The molecule has 0 saturated heterocycles. The van der Waals surface area contributed by atoms with Crippen molar-refractivity contribution in [2.45, 2.75) is 19.3 Å². The summed E-state index contributed by atoms with van der Waals surface area (Å²) in [5.41, 5.74) is 2.34. The van der Waals surface area contributed by atoms with Crippen LogP contribution in [0.3, 0.4) is 0 Å². The highest BCUT2D eigenvalue weighted by Crippen LogP contribution is 2.30. The molecule has 0 N–H and O–H groups in total. The smallest absolute Gasteiger partial charge is 0.251 e. The average Bonchev–Trinajstić information content (AvgIpc) is 2.57. The Hall–Kier alpha value is -0.990. The molecule has 1 amide bonds. The van der Waals surface area contributed by atoms with Gasteiger partial charge in [-0.2, -0.15) is 0 Å². The lowest BCUT2D eigenvalue weighted by Gasteiger charge is -2.19. The molecular formula is C10H16N2O. The Bertz CT molecular complexity index is 270.